The second kappa shape index (κ2) is 8.47. The third-order valence-electron chi connectivity index (χ3n) is 4.68. The van der Waals surface area contributed by atoms with Gasteiger partial charge in [-0.05, 0) is 31.2 Å². The van der Waals surface area contributed by atoms with E-state index in [1.807, 2.05) is 0 Å². The molecular formula is C21H16F3N5O4. The highest BCUT2D eigenvalue weighted by atomic mass is 19.4. The second-order valence-corrected chi connectivity index (χ2v) is 6.68. The van der Waals surface area contributed by atoms with E-state index in [0.717, 1.165) is 11.7 Å². The van der Waals surface area contributed by atoms with Gasteiger partial charge in [-0.1, -0.05) is 12.1 Å². The van der Waals surface area contributed by atoms with Crippen LogP contribution in [-0.4, -0.2) is 46.3 Å². The van der Waals surface area contributed by atoms with Gasteiger partial charge in [-0.25, -0.2) is 24.7 Å². The van der Waals surface area contributed by atoms with Crippen molar-refractivity contribution in [3.05, 3.63) is 48.4 Å². The number of hydrogen-bond acceptors (Lipinski definition) is 9. The van der Waals surface area contributed by atoms with Crippen LogP contribution in [0.25, 0.3) is 21.8 Å². The van der Waals surface area contributed by atoms with Crippen molar-refractivity contribution in [3.63, 3.8) is 0 Å². The molecule has 2 heterocycles. The van der Waals surface area contributed by atoms with Crippen LogP contribution in [-0.2, 0) is 9.63 Å². The lowest BCUT2D eigenvalue weighted by molar-refractivity contribution is -0.189. The van der Waals surface area contributed by atoms with Crippen molar-refractivity contribution in [2.45, 2.75) is 13.1 Å². The fraction of sp³-hybridized carbons (Fsp3) is 0.190. The Morgan fingerprint density at radius 1 is 1.03 bits per heavy atom. The smallest absolute Gasteiger partial charge is 0.491 e. The zero-order valence-electron chi connectivity index (χ0n) is 17.5. The molecule has 0 aliphatic rings. The number of fused-ring (bicyclic) bond motifs is 2. The summed E-state index contributed by atoms with van der Waals surface area (Å²) in [4.78, 5) is 33.7. The van der Waals surface area contributed by atoms with Crippen LogP contribution in [0.3, 0.4) is 0 Å². The van der Waals surface area contributed by atoms with Crippen LogP contribution in [0.1, 0.15) is 5.69 Å². The molecule has 0 bridgehead atoms. The van der Waals surface area contributed by atoms with Gasteiger partial charge in [0.05, 0.1) is 41.9 Å². The Balaban J connectivity index is 1.84. The first-order valence-corrected chi connectivity index (χ1v) is 9.43. The minimum absolute atomic E-state index is 0.0637. The van der Waals surface area contributed by atoms with Crippen molar-refractivity contribution >= 4 is 39.4 Å². The number of esters is 1. The van der Waals surface area contributed by atoms with Gasteiger partial charge in [0.2, 0.25) is 5.88 Å². The molecule has 0 spiro atoms. The molecule has 0 amide bonds. The molecule has 0 aliphatic heterocycles. The number of nitrogens with zero attached hydrogens (tertiary/aromatic N) is 5. The summed E-state index contributed by atoms with van der Waals surface area (Å²) < 4.78 is 47.8. The number of carbonyl (C=O) groups is 1. The van der Waals surface area contributed by atoms with Gasteiger partial charge in [0.15, 0.2) is 0 Å². The van der Waals surface area contributed by atoms with E-state index in [1.54, 1.807) is 38.3 Å². The third kappa shape index (κ3) is 4.07. The summed E-state index contributed by atoms with van der Waals surface area (Å²) in [6.45, 7) is 1.78. The number of aromatic nitrogens is 4. The first kappa shape index (κ1) is 22.1. The summed E-state index contributed by atoms with van der Waals surface area (Å²) >= 11 is 0. The molecule has 4 aromatic rings. The van der Waals surface area contributed by atoms with E-state index in [2.05, 4.69) is 24.7 Å². The average Bonchev–Trinajstić information content (AvgIpc) is 2.79. The van der Waals surface area contributed by atoms with Crippen molar-refractivity contribution in [1.82, 2.24) is 19.9 Å². The SMILES string of the molecule is COc1cccc2nc(N(OC)c3cccc4c(OC(=O)C(F)(F)F)ncnc34)nc(C)c12. The van der Waals surface area contributed by atoms with Gasteiger partial charge in [-0.2, -0.15) is 18.2 Å². The van der Waals surface area contributed by atoms with E-state index in [9.17, 15) is 18.0 Å². The maximum Gasteiger partial charge on any atom is 0.491 e. The van der Waals surface area contributed by atoms with E-state index >= 15 is 0 Å². The topological polar surface area (TPSA) is 99.6 Å². The lowest BCUT2D eigenvalue weighted by Crippen LogP contribution is -2.28. The lowest BCUT2D eigenvalue weighted by atomic mass is 10.1. The van der Waals surface area contributed by atoms with E-state index in [4.69, 9.17) is 9.57 Å². The Morgan fingerprint density at radius 3 is 2.48 bits per heavy atom. The molecule has 0 unspecified atom stereocenters. The Morgan fingerprint density at radius 2 is 1.79 bits per heavy atom. The predicted molar refractivity (Wildman–Crippen MR) is 111 cm³/mol. The summed E-state index contributed by atoms with van der Waals surface area (Å²) in [6.07, 6.45) is -4.19. The Bertz CT molecular complexity index is 1360. The number of aryl methyl sites for hydroxylation is 1. The van der Waals surface area contributed by atoms with Gasteiger partial charge in [-0.15, -0.1) is 0 Å². The number of para-hydroxylation sites is 1. The minimum atomic E-state index is -5.18. The molecule has 0 radical (unpaired) electrons. The molecule has 4 rings (SSSR count). The van der Waals surface area contributed by atoms with Gasteiger partial charge in [0.1, 0.15) is 17.6 Å². The molecule has 0 N–H and O–H groups in total. The number of methoxy groups -OCH3 is 1. The molecule has 12 heteroatoms. The molecule has 0 aliphatic carbocycles. The van der Waals surface area contributed by atoms with Crippen LogP contribution >= 0.6 is 0 Å². The summed E-state index contributed by atoms with van der Waals surface area (Å²) in [6, 6.07) is 9.89. The molecule has 0 atom stereocenters. The number of anilines is 2. The minimum Gasteiger partial charge on any atom is -0.496 e. The molecular weight excluding hydrogens is 443 g/mol. The highest BCUT2D eigenvalue weighted by Gasteiger charge is 2.42. The number of hydrogen-bond donors (Lipinski definition) is 0. The maximum atomic E-state index is 12.7. The predicted octanol–water partition coefficient (Wildman–Crippen LogP) is 4.06. The summed E-state index contributed by atoms with van der Waals surface area (Å²) in [5, 5.41) is 2.05. The van der Waals surface area contributed by atoms with Gasteiger partial charge < -0.3 is 9.47 Å². The number of benzene rings is 2. The zero-order chi connectivity index (χ0) is 23.8. The van der Waals surface area contributed by atoms with Crippen LogP contribution in [0, 0.1) is 6.92 Å². The van der Waals surface area contributed by atoms with Crippen LogP contribution in [0.4, 0.5) is 24.8 Å². The van der Waals surface area contributed by atoms with Crippen molar-refractivity contribution in [2.24, 2.45) is 0 Å². The fourth-order valence-corrected chi connectivity index (χ4v) is 3.30. The van der Waals surface area contributed by atoms with Crippen molar-refractivity contribution in [2.75, 3.05) is 19.3 Å². The molecule has 2 aromatic carbocycles. The second-order valence-electron chi connectivity index (χ2n) is 6.68. The third-order valence-corrected chi connectivity index (χ3v) is 4.68. The molecule has 0 saturated carbocycles. The van der Waals surface area contributed by atoms with Crippen LogP contribution in [0.5, 0.6) is 11.6 Å². The molecule has 33 heavy (non-hydrogen) atoms. The van der Waals surface area contributed by atoms with Crippen LogP contribution in [0.15, 0.2) is 42.7 Å². The Hall–Kier alpha value is -4.06. The van der Waals surface area contributed by atoms with E-state index in [1.165, 1.54) is 24.3 Å². The van der Waals surface area contributed by atoms with Crippen molar-refractivity contribution in [1.29, 1.82) is 0 Å². The van der Waals surface area contributed by atoms with E-state index in [-0.39, 0.29) is 16.9 Å². The van der Waals surface area contributed by atoms with E-state index in [0.29, 0.717) is 22.6 Å². The summed E-state index contributed by atoms with van der Waals surface area (Å²) in [7, 11) is 2.92. The standard InChI is InChI=1S/C21H16F3N5O4/c1-11-16-13(7-5-9-15(16)31-2)28-20(27-11)29(32-3)14-8-4-6-12-17(14)25-10-26-18(12)33-19(30)21(22,23)24/h4-10H,1-3H3. The van der Waals surface area contributed by atoms with Gasteiger partial charge in [0.25, 0.3) is 5.95 Å². The molecule has 170 valence electrons. The van der Waals surface area contributed by atoms with Gasteiger partial charge in [-0.3, -0.25) is 4.84 Å². The highest BCUT2D eigenvalue weighted by molar-refractivity contribution is 5.96. The first-order chi connectivity index (χ1) is 15.7. The summed E-state index contributed by atoms with van der Waals surface area (Å²) in [5.74, 6) is -2.18. The van der Waals surface area contributed by atoms with Gasteiger partial charge >= 0.3 is 12.1 Å². The molecule has 9 nitrogen and oxygen atoms in total. The number of ether oxygens (including phenoxy) is 2. The van der Waals surface area contributed by atoms with Gasteiger partial charge in [0, 0.05) is 0 Å². The van der Waals surface area contributed by atoms with Crippen LogP contribution in [0.2, 0.25) is 0 Å². The van der Waals surface area contributed by atoms with E-state index < -0.39 is 18.0 Å². The number of rotatable bonds is 5. The molecule has 0 saturated heterocycles. The van der Waals surface area contributed by atoms with Crippen LogP contribution < -0.4 is 14.5 Å². The molecule has 0 fully saturated rings. The normalized spacial score (nSPS) is 11.6. The lowest BCUT2D eigenvalue weighted by Gasteiger charge is -2.22. The van der Waals surface area contributed by atoms with Crippen molar-refractivity contribution < 1.29 is 32.3 Å². The number of alkyl halides is 3. The summed E-state index contributed by atoms with van der Waals surface area (Å²) in [5.41, 5.74) is 1.66. The number of carbonyl (C=O) groups excluding carboxylic acids is 1. The number of halogens is 3. The quantitative estimate of drug-likeness (QED) is 0.323. The zero-order valence-corrected chi connectivity index (χ0v) is 17.5. The Labute approximate surface area is 184 Å². The highest BCUT2D eigenvalue weighted by Crippen LogP contribution is 2.35. The maximum absolute atomic E-state index is 12.7. The average molecular weight is 459 g/mol. The first-order valence-electron chi connectivity index (χ1n) is 9.43. The largest absolute Gasteiger partial charge is 0.496 e. The molecule has 2 aromatic heterocycles. The Kier molecular flexibility index (Phi) is 5.68. The van der Waals surface area contributed by atoms with Crippen molar-refractivity contribution in [3.8, 4) is 11.6 Å². The fourth-order valence-electron chi connectivity index (χ4n) is 3.30. The monoisotopic (exact) mass is 459 g/mol.